The first-order valence-electron chi connectivity index (χ1n) is 11.9. The number of nitrogens with two attached hydrogens (primary N) is 1. The van der Waals surface area contributed by atoms with Crippen molar-refractivity contribution < 1.29 is 29.6 Å². The minimum atomic E-state index is -2.14. The van der Waals surface area contributed by atoms with E-state index < -0.39 is 34.0 Å². The van der Waals surface area contributed by atoms with Crippen LogP contribution in [0.5, 0.6) is 0 Å². The van der Waals surface area contributed by atoms with E-state index in [1.807, 2.05) is 0 Å². The summed E-state index contributed by atoms with van der Waals surface area (Å²) in [5, 5.41) is 25.0. The van der Waals surface area contributed by atoms with Gasteiger partial charge < -0.3 is 35.4 Å². The predicted octanol–water partition coefficient (Wildman–Crippen LogP) is 4.14. The lowest BCUT2D eigenvalue weighted by Crippen LogP contribution is -2.50. The van der Waals surface area contributed by atoms with Gasteiger partial charge in [-0.15, -0.1) is 0 Å². The molecule has 0 bridgehead atoms. The van der Waals surface area contributed by atoms with Crippen LogP contribution in [0.15, 0.2) is 0 Å². The van der Waals surface area contributed by atoms with Gasteiger partial charge in [-0.05, 0) is 6.42 Å². The summed E-state index contributed by atoms with van der Waals surface area (Å²) in [6.07, 6.45) is 21.6. The van der Waals surface area contributed by atoms with E-state index in [2.05, 4.69) is 6.92 Å². The highest BCUT2D eigenvalue weighted by atomic mass is 31.2. The highest BCUT2D eigenvalue weighted by Gasteiger charge is 2.20. The van der Waals surface area contributed by atoms with Crippen molar-refractivity contribution in [2.45, 2.75) is 115 Å². The molecule has 0 heterocycles. The fraction of sp³-hybridized carbons (Fsp3) is 1.00. The molecule has 0 aromatic carbocycles. The molecule has 0 spiro atoms. The molecule has 0 atom stereocenters. The zero-order valence-electron chi connectivity index (χ0n) is 19.3. The average molecular weight is 456 g/mol. The van der Waals surface area contributed by atoms with Gasteiger partial charge in [-0.25, -0.2) is 0 Å². The maximum atomic E-state index is 8.58. The first-order valence-corrected chi connectivity index (χ1v) is 13.0. The number of rotatable bonds is 21. The molecule has 0 aromatic rings. The molecule has 7 N–H and O–H groups in total. The predicted molar refractivity (Wildman–Crippen MR) is 125 cm³/mol. The number of aliphatic hydroxyl groups is 3. The van der Waals surface area contributed by atoms with Crippen LogP contribution in [0.3, 0.4) is 0 Å². The second-order valence-electron chi connectivity index (χ2n) is 8.23. The van der Waals surface area contributed by atoms with E-state index in [4.69, 9.17) is 35.4 Å². The Morgan fingerprint density at radius 3 is 1.13 bits per heavy atom. The fourth-order valence-corrected chi connectivity index (χ4v) is 3.24. The highest BCUT2D eigenvalue weighted by Crippen LogP contribution is 2.24. The fourth-order valence-electron chi connectivity index (χ4n) is 2.95. The minimum absolute atomic E-state index is 0.403. The summed E-state index contributed by atoms with van der Waals surface area (Å²) >= 11 is 0. The van der Waals surface area contributed by atoms with Crippen LogP contribution in [-0.4, -0.2) is 57.1 Å². The first kappa shape index (κ1) is 32.3. The Morgan fingerprint density at radius 1 is 0.600 bits per heavy atom. The van der Waals surface area contributed by atoms with Crippen molar-refractivity contribution in [3.8, 4) is 0 Å². The summed E-state index contributed by atoms with van der Waals surface area (Å²) in [6.45, 7) is 1.55. The Labute approximate surface area is 186 Å². The third-order valence-electron chi connectivity index (χ3n) is 5.15. The number of unbranched alkanes of at least 4 members (excludes halogenated alkanes) is 15. The van der Waals surface area contributed by atoms with Crippen LogP contribution in [0.4, 0.5) is 0 Å². The third kappa shape index (κ3) is 26.2. The van der Waals surface area contributed by atoms with Crippen LogP contribution >= 0.6 is 8.60 Å². The molecule has 0 saturated carbocycles. The molecule has 0 aliphatic rings. The normalized spacial score (nSPS) is 11.6. The van der Waals surface area contributed by atoms with Crippen LogP contribution in [0.2, 0.25) is 0 Å². The molecule has 0 aromatic heterocycles. The zero-order chi connectivity index (χ0) is 22.9. The van der Waals surface area contributed by atoms with Gasteiger partial charge in [0.1, 0.15) is 0 Å². The Kier molecular flexibility index (Phi) is 27.4. The second kappa shape index (κ2) is 25.4. The standard InChI is InChI=1S/C18H39O3P.C4H11NO3/c1-2-3-4-5-6-7-8-9-10-11-12-13-14-15-16-17-18-21-22(19)20;5-4(1-6,2-7)3-8/h19-20H,2-18H2,1H3;6-8H,1-3,5H2. The smallest absolute Gasteiger partial charge is 0.327 e. The summed E-state index contributed by atoms with van der Waals surface area (Å²) in [7, 11) is -2.14. The van der Waals surface area contributed by atoms with Crippen LogP contribution in [0, 0.1) is 0 Å². The van der Waals surface area contributed by atoms with Crippen molar-refractivity contribution in [3.05, 3.63) is 0 Å². The monoisotopic (exact) mass is 455 g/mol. The molecule has 7 nitrogen and oxygen atoms in total. The molecule has 0 amide bonds. The molecule has 0 saturated heterocycles. The van der Waals surface area contributed by atoms with Crippen LogP contribution in [0.25, 0.3) is 0 Å². The van der Waals surface area contributed by atoms with Gasteiger partial charge in [0.25, 0.3) is 0 Å². The Bertz CT molecular complexity index is 312. The van der Waals surface area contributed by atoms with E-state index in [1.165, 1.54) is 89.9 Å². The number of hydrogen-bond donors (Lipinski definition) is 6. The maximum Gasteiger partial charge on any atom is 0.327 e. The molecule has 0 aliphatic carbocycles. The Balaban J connectivity index is 0. The van der Waals surface area contributed by atoms with Gasteiger partial charge in [0.15, 0.2) is 0 Å². The quantitative estimate of drug-likeness (QED) is 0.113. The largest absolute Gasteiger partial charge is 0.394 e. The van der Waals surface area contributed by atoms with Crippen molar-refractivity contribution in [3.63, 3.8) is 0 Å². The zero-order valence-corrected chi connectivity index (χ0v) is 20.2. The van der Waals surface area contributed by atoms with E-state index in [9.17, 15) is 0 Å². The van der Waals surface area contributed by atoms with E-state index in [0.717, 1.165) is 12.8 Å². The van der Waals surface area contributed by atoms with E-state index in [0.29, 0.717) is 6.61 Å². The SMILES string of the molecule is CCCCCCCCCCCCCCCCCCOP(O)O.NC(CO)(CO)CO. The van der Waals surface area contributed by atoms with Crippen LogP contribution in [0.1, 0.15) is 110 Å². The van der Waals surface area contributed by atoms with Crippen LogP contribution in [-0.2, 0) is 4.52 Å². The van der Waals surface area contributed by atoms with Gasteiger partial charge in [-0.1, -0.05) is 103 Å². The van der Waals surface area contributed by atoms with Crippen molar-refractivity contribution in [2.24, 2.45) is 5.73 Å². The van der Waals surface area contributed by atoms with Crippen molar-refractivity contribution in [1.82, 2.24) is 0 Å². The highest BCUT2D eigenvalue weighted by molar-refractivity contribution is 7.39. The molecule has 0 rings (SSSR count). The topological polar surface area (TPSA) is 136 Å². The Morgan fingerprint density at radius 2 is 0.900 bits per heavy atom. The Hall–Kier alpha value is 0.150. The van der Waals surface area contributed by atoms with Gasteiger partial charge in [0.2, 0.25) is 0 Å². The summed E-state index contributed by atoms with van der Waals surface area (Å²) in [4.78, 5) is 17.2. The van der Waals surface area contributed by atoms with E-state index in [-0.39, 0.29) is 0 Å². The summed E-state index contributed by atoms with van der Waals surface area (Å²) < 4.78 is 4.74. The average Bonchev–Trinajstić information content (AvgIpc) is 2.75. The minimum Gasteiger partial charge on any atom is -0.394 e. The lowest BCUT2D eigenvalue weighted by Gasteiger charge is -2.20. The second-order valence-corrected chi connectivity index (χ2v) is 8.99. The van der Waals surface area contributed by atoms with Gasteiger partial charge in [0.05, 0.1) is 32.0 Å². The molecule has 0 unspecified atom stereocenters. The van der Waals surface area contributed by atoms with Gasteiger partial charge in [-0.2, -0.15) is 0 Å². The van der Waals surface area contributed by atoms with Crippen molar-refractivity contribution >= 4 is 8.60 Å². The van der Waals surface area contributed by atoms with E-state index >= 15 is 0 Å². The molecular formula is C22H50NO6P. The molecular weight excluding hydrogens is 405 g/mol. The first-order chi connectivity index (χ1) is 14.5. The van der Waals surface area contributed by atoms with Gasteiger partial charge in [0, 0.05) is 0 Å². The third-order valence-corrected chi connectivity index (χ3v) is 5.56. The van der Waals surface area contributed by atoms with E-state index in [1.54, 1.807) is 0 Å². The van der Waals surface area contributed by atoms with Gasteiger partial charge >= 0.3 is 8.60 Å². The molecule has 0 fully saturated rings. The summed E-state index contributed by atoms with van der Waals surface area (Å²) in [6, 6.07) is 0. The molecule has 8 heteroatoms. The van der Waals surface area contributed by atoms with Crippen LogP contribution < -0.4 is 5.73 Å². The lowest BCUT2D eigenvalue weighted by atomic mass is 10.0. The molecule has 30 heavy (non-hydrogen) atoms. The molecule has 0 aliphatic heterocycles. The number of aliphatic hydroxyl groups excluding tert-OH is 3. The molecule has 184 valence electrons. The lowest BCUT2D eigenvalue weighted by molar-refractivity contribution is 0.0697. The molecule has 0 radical (unpaired) electrons. The summed E-state index contributed by atoms with van der Waals surface area (Å²) in [5.74, 6) is 0. The maximum absolute atomic E-state index is 8.58. The van der Waals surface area contributed by atoms with Gasteiger partial charge in [-0.3, -0.25) is 0 Å². The van der Waals surface area contributed by atoms with Crippen molar-refractivity contribution in [2.75, 3.05) is 26.4 Å². The number of hydrogen-bond acceptors (Lipinski definition) is 7. The summed E-state index contributed by atoms with van der Waals surface area (Å²) in [5.41, 5.74) is 3.94. The van der Waals surface area contributed by atoms with Crippen molar-refractivity contribution in [1.29, 1.82) is 0 Å².